The molecule has 0 saturated carbocycles. The van der Waals surface area contributed by atoms with Gasteiger partial charge in [-0.1, -0.05) is 18.7 Å². The fourth-order valence-corrected chi connectivity index (χ4v) is 1.22. The normalized spacial score (nSPS) is 10.4. The first-order chi connectivity index (χ1) is 10.6. The molecule has 0 amide bonds. The zero-order valence-corrected chi connectivity index (χ0v) is 12.3. The van der Waals surface area contributed by atoms with Crippen LogP contribution in [0.2, 0.25) is 0 Å². The Hall–Kier alpha value is -3.06. The van der Waals surface area contributed by atoms with Gasteiger partial charge in [0.1, 0.15) is 18.2 Å². The van der Waals surface area contributed by atoms with Crippen LogP contribution in [0, 0.1) is 22.8 Å². The van der Waals surface area contributed by atoms with E-state index in [4.69, 9.17) is 20.0 Å². The van der Waals surface area contributed by atoms with Crippen LogP contribution in [-0.4, -0.2) is 36.6 Å². The second-order valence-electron chi connectivity index (χ2n) is 3.74. The Balaban J connectivity index is 4.35. The highest BCUT2D eigenvalue weighted by Gasteiger charge is 2.08. The Morgan fingerprint density at radius 1 is 1.32 bits per heavy atom. The summed E-state index contributed by atoms with van der Waals surface area (Å²) in [4.78, 5) is 23.4. The van der Waals surface area contributed by atoms with Gasteiger partial charge in [-0.05, 0) is 13.3 Å². The molecule has 116 valence electrons. The number of ether oxygens (including phenoxy) is 2. The fraction of sp³-hybridized carbons (Fsp3) is 0.333. The van der Waals surface area contributed by atoms with E-state index >= 15 is 0 Å². The SMILES string of the molecule is C=CC(=O)OCCN(C#N)C=CCC=C(C#N)C(=O)OCC. The Morgan fingerprint density at radius 3 is 2.59 bits per heavy atom. The molecule has 0 radical (unpaired) electrons. The molecule has 7 heteroatoms. The molecule has 0 N–H and O–H groups in total. The van der Waals surface area contributed by atoms with Crippen LogP contribution in [0.1, 0.15) is 13.3 Å². The van der Waals surface area contributed by atoms with Crippen LogP contribution >= 0.6 is 0 Å². The molecule has 0 bridgehead atoms. The van der Waals surface area contributed by atoms with Crippen molar-refractivity contribution in [1.82, 2.24) is 4.90 Å². The number of carbonyl (C=O) groups excluding carboxylic acids is 2. The second-order valence-corrected chi connectivity index (χ2v) is 3.74. The van der Waals surface area contributed by atoms with Gasteiger partial charge in [-0.15, -0.1) is 0 Å². The minimum atomic E-state index is -0.674. The van der Waals surface area contributed by atoms with Gasteiger partial charge in [0.2, 0.25) is 0 Å². The maximum Gasteiger partial charge on any atom is 0.348 e. The maximum atomic E-state index is 11.3. The van der Waals surface area contributed by atoms with E-state index in [-0.39, 0.29) is 31.8 Å². The summed E-state index contributed by atoms with van der Waals surface area (Å²) in [6.07, 6.45) is 7.68. The van der Waals surface area contributed by atoms with Gasteiger partial charge in [-0.2, -0.15) is 10.5 Å². The van der Waals surface area contributed by atoms with Crippen LogP contribution in [0.15, 0.2) is 36.6 Å². The molecule has 0 saturated heterocycles. The van der Waals surface area contributed by atoms with Gasteiger partial charge in [0.05, 0.1) is 13.2 Å². The summed E-state index contributed by atoms with van der Waals surface area (Å²) >= 11 is 0. The number of nitriles is 2. The number of rotatable bonds is 9. The highest BCUT2D eigenvalue weighted by Crippen LogP contribution is 2.00. The van der Waals surface area contributed by atoms with Crippen molar-refractivity contribution in [1.29, 1.82) is 10.5 Å². The van der Waals surface area contributed by atoms with Crippen LogP contribution in [0.5, 0.6) is 0 Å². The molecule has 0 aliphatic rings. The van der Waals surface area contributed by atoms with Gasteiger partial charge in [-0.25, -0.2) is 9.59 Å². The Kier molecular flexibility index (Phi) is 10.1. The van der Waals surface area contributed by atoms with E-state index in [1.54, 1.807) is 19.1 Å². The van der Waals surface area contributed by atoms with Crippen molar-refractivity contribution in [2.45, 2.75) is 13.3 Å². The molecule has 0 fully saturated rings. The molecular formula is C15H17N3O4. The average Bonchev–Trinajstić information content (AvgIpc) is 2.52. The largest absolute Gasteiger partial charge is 0.462 e. The summed E-state index contributed by atoms with van der Waals surface area (Å²) in [5.41, 5.74) is -0.0880. The molecule has 0 aliphatic carbocycles. The van der Waals surface area contributed by atoms with Gasteiger partial charge >= 0.3 is 11.9 Å². The van der Waals surface area contributed by atoms with Crippen LogP contribution in [0.25, 0.3) is 0 Å². The number of esters is 2. The third-order valence-electron chi connectivity index (χ3n) is 2.23. The highest BCUT2D eigenvalue weighted by molar-refractivity contribution is 5.92. The first kappa shape index (κ1) is 18.9. The molecule has 0 aliphatic heterocycles. The van der Waals surface area contributed by atoms with Gasteiger partial charge in [0.15, 0.2) is 6.19 Å². The molecular weight excluding hydrogens is 286 g/mol. The Morgan fingerprint density at radius 2 is 2.05 bits per heavy atom. The minimum Gasteiger partial charge on any atom is -0.462 e. The smallest absolute Gasteiger partial charge is 0.348 e. The van der Waals surface area contributed by atoms with E-state index in [2.05, 4.69) is 6.58 Å². The molecule has 0 aromatic carbocycles. The lowest BCUT2D eigenvalue weighted by molar-refractivity contribution is -0.138. The third-order valence-corrected chi connectivity index (χ3v) is 2.23. The van der Waals surface area contributed by atoms with Crippen molar-refractivity contribution in [3.8, 4) is 12.3 Å². The summed E-state index contributed by atoms with van der Waals surface area (Å²) < 4.78 is 9.45. The van der Waals surface area contributed by atoms with E-state index in [0.717, 1.165) is 6.08 Å². The van der Waals surface area contributed by atoms with E-state index in [1.165, 1.54) is 17.2 Å². The molecule has 0 aromatic heterocycles. The molecule has 0 rings (SSSR count). The topological polar surface area (TPSA) is 103 Å². The number of allylic oxidation sites excluding steroid dienone is 2. The Bertz CT molecular complexity index is 538. The maximum absolute atomic E-state index is 11.3. The van der Waals surface area contributed by atoms with Crippen molar-refractivity contribution < 1.29 is 19.1 Å². The number of hydrogen-bond acceptors (Lipinski definition) is 7. The lowest BCUT2D eigenvalue weighted by Gasteiger charge is -2.09. The number of nitrogens with zero attached hydrogens (tertiary/aromatic N) is 3. The zero-order chi connectivity index (χ0) is 16.8. The first-order valence-corrected chi connectivity index (χ1v) is 6.48. The van der Waals surface area contributed by atoms with Crippen molar-refractivity contribution in [2.75, 3.05) is 19.8 Å². The third kappa shape index (κ3) is 8.18. The van der Waals surface area contributed by atoms with Gasteiger partial charge < -0.3 is 9.47 Å². The van der Waals surface area contributed by atoms with E-state index in [0.29, 0.717) is 0 Å². The summed E-state index contributed by atoms with van der Waals surface area (Å²) in [6, 6.07) is 1.75. The number of hydrogen-bond donors (Lipinski definition) is 0. The van der Waals surface area contributed by atoms with Crippen molar-refractivity contribution in [3.63, 3.8) is 0 Å². The molecule has 0 aromatic rings. The quantitative estimate of drug-likeness (QED) is 0.208. The highest BCUT2D eigenvalue weighted by atomic mass is 16.5. The van der Waals surface area contributed by atoms with Crippen molar-refractivity contribution in [2.24, 2.45) is 0 Å². The van der Waals surface area contributed by atoms with E-state index in [9.17, 15) is 9.59 Å². The molecule has 0 spiro atoms. The summed E-state index contributed by atoms with van der Waals surface area (Å²) in [7, 11) is 0. The average molecular weight is 303 g/mol. The van der Waals surface area contributed by atoms with Crippen LogP contribution < -0.4 is 0 Å². The predicted octanol–water partition coefficient (Wildman–Crippen LogP) is 1.42. The predicted molar refractivity (Wildman–Crippen MR) is 77.6 cm³/mol. The standard InChI is InChI=1S/C15H17N3O4/c1-3-14(19)22-10-9-18(12-17)8-6-5-7-13(11-16)15(20)21-4-2/h3,6-8H,1,4-5,9-10H2,2H3. The summed E-state index contributed by atoms with van der Waals surface area (Å²) in [5, 5.41) is 17.7. The lowest BCUT2D eigenvalue weighted by atomic mass is 10.2. The van der Waals surface area contributed by atoms with Crippen LogP contribution in [0.4, 0.5) is 0 Å². The lowest BCUT2D eigenvalue weighted by Crippen LogP contribution is -2.18. The molecule has 0 heterocycles. The molecule has 0 atom stereocenters. The minimum absolute atomic E-state index is 0.0465. The summed E-state index contributed by atoms with van der Waals surface area (Å²) in [6.45, 7) is 5.34. The second kappa shape index (κ2) is 11.7. The Labute approximate surface area is 129 Å². The first-order valence-electron chi connectivity index (χ1n) is 6.48. The molecule has 22 heavy (non-hydrogen) atoms. The zero-order valence-electron chi connectivity index (χ0n) is 12.3. The van der Waals surface area contributed by atoms with Crippen LogP contribution in [-0.2, 0) is 19.1 Å². The van der Waals surface area contributed by atoms with Crippen LogP contribution in [0.3, 0.4) is 0 Å². The monoisotopic (exact) mass is 303 g/mol. The summed E-state index contributed by atoms with van der Waals surface area (Å²) in [5.74, 6) is -1.23. The van der Waals surface area contributed by atoms with Crippen molar-refractivity contribution >= 4 is 11.9 Å². The van der Waals surface area contributed by atoms with Gasteiger partial charge in [0.25, 0.3) is 0 Å². The van der Waals surface area contributed by atoms with Crippen molar-refractivity contribution in [3.05, 3.63) is 36.6 Å². The fourth-order valence-electron chi connectivity index (χ4n) is 1.22. The van der Waals surface area contributed by atoms with Gasteiger partial charge in [-0.3, -0.25) is 4.90 Å². The molecule has 7 nitrogen and oxygen atoms in total. The van der Waals surface area contributed by atoms with E-state index < -0.39 is 11.9 Å². The van der Waals surface area contributed by atoms with E-state index in [1.807, 2.05) is 6.19 Å². The van der Waals surface area contributed by atoms with Gasteiger partial charge in [0, 0.05) is 12.3 Å². The molecule has 0 unspecified atom stereocenters. The number of carbonyl (C=O) groups is 2.